The number of nitrogen functional groups attached to an aromatic ring is 1. The summed E-state index contributed by atoms with van der Waals surface area (Å²) in [6.45, 7) is 0. The summed E-state index contributed by atoms with van der Waals surface area (Å²) in [5, 5.41) is 17.8. The van der Waals surface area contributed by atoms with Crippen molar-refractivity contribution in [3.05, 3.63) is 41.6 Å². The molecule has 7 nitrogen and oxygen atoms in total. The van der Waals surface area contributed by atoms with Crippen LogP contribution in [0.3, 0.4) is 0 Å². The molecule has 0 aliphatic carbocycles. The maximum Gasteiger partial charge on any atom is 0.337 e. The summed E-state index contributed by atoms with van der Waals surface area (Å²) in [5.74, 6) is -0.316. The standard InChI is InChI=1S/C14H11N3O4/c1-20-10-2-8(6-15)3-11(5-10)21-13-12(16)4-9(7-17-13)14(18)19/h2-5,7H,16H2,1H3,(H,18,19). The highest BCUT2D eigenvalue weighted by atomic mass is 16.5. The molecule has 0 atom stereocenters. The average molecular weight is 285 g/mol. The third-order valence-corrected chi connectivity index (χ3v) is 2.59. The van der Waals surface area contributed by atoms with Crippen LogP contribution in [0.15, 0.2) is 30.5 Å². The molecule has 0 amide bonds. The van der Waals surface area contributed by atoms with Crippen LogP contribution >= 0.6 is 0 Å². The second-order valence-electron chi connectivity index (χ2n) is 4.03. The topological polar surface area (TPSA) is 118 Å². The van der Waals surface area contributed by atoms with E-state index in [1.807, 2.05) is 6.07 Å². The molecule has 1 aromatic heterocycles. The Hall–Kier alpha value is -3.27. The van der Waals surface area contributed by atoms with E-state index in [9.17, 15) is 4.79 Å². The van der Waals surface area contributed by atoms with Crippen molar-refractivity contribution in [1.82, 2.24) is 4.98 Å². The van der Waals surface area contributed by atoms with Crippen molar-refractivity contribution in [2.45, 2.75) is 0 Å². The summed E-state index contributed by atoms with van der Waals surface area (Å²) < 4.78 is 10.5. The van der Waals surface area contributed by atoms with E-state index in [1.54, 1.807) is 12.1 Å². The first kappa shape index (κ1) is 14.1. The lowest BCUT2D eigenvalue weighted by Gasteiger charge is -2.09. The van der Waals surface area contributed by atoms with E-state index in [1.165, 1.54) is 19.2 Å². The molecule has 0 spiro atoms. The van der Waals surface area contributed by atoms with Gasteiger partial charge in [0.1, 0.15) is 11.5 Å². The van der Waals surface area contributed by atoms with Gasteiger partial charge in [0.25, 0.3) is 0 Å². The van der Waals surface area contributed by atoms with Crippen molar-refractivity contribution in [3.63, 3.8) is 0 Å². The van der Waals surface area contributed by atoms with E-state index >= 15 is 0 Å². The van der Waals surface area contributed by atoms with E-state index in [4.69, 9.17) is 25.6 Å². The van der Waals surface area contributed by atoms with E-state index < -0.39 is 5.97 Å². The molecule has 106 valence electrons. The molecule has 0 saturated heterocycles. The number of aromatic carboxylic acids is 1. The van der Waals surface area contributed by atoms with Gasteiger partial charge in [0.05, 0.1) is 30.0 Å². The number of nitrogens with two attached hydrogens (primary N) is 1. The largest absolute Gasteiger partial charge is 0.497 e. The quantitative estimate of drug-likeness (QED) is 0.882. The lowest BCUT2D eigenvalue weighted by molar-refractivity contribution is 0.0696. The molecule has 2 rings (SSSR count). The lowest BCUT2D eigenvalue weighted by Crippen LogP contribution is -2.02. The predicted octanol–water partition coefficient (Wildman–Crippen LogP) is 2.03. The van der Waals surface area contributed by atoms with Crippen molar-refractivity contribution >= 4 is 11.7 Å². The number of nitrogens with zero attached hydrogens (tertiary/aromatic N) is 2. The zero-order valence-electron chi connectivity index (χ0n) is 11.0. The smallest absolute Gasteiger partial charge is 0.337 e. The van der Waals surface area contributed by atoms with E-state index in [0.29, 0.717) is 17.1 Å². The molecule has 7 heteroatoms. The van der Waals surface area contributed by atoms with E-state index in [-0.39, 0.29) is 17.1 Å². The average Bonchev–Trinajstić information content (AvgIpc) is 2.48. The minimum atomic E-state index is -1.13. The first-order chi connectivity index (χ1) is 10.0. The Kier molecular flexibility index (Phi) is 3.90. The van der Waals surface area contributed by atoms with E-state index in [2.05, 4.69) is 4.98 Å². The number of carbonyl (C=O) groups is 1. The number of carboxylic acid groups (broad SMARTS) is 1. The monoisotopic (exact) mass is 285 g/mol. The minimum absolute atomic E-state index is 0.0387. The van der Waals surface area contributed by atoms with E-state index in [0.717, 1.165) is 6.20 Å². The van der Waals surface area contributed by atoms with Gasteiger partial charge in [-0.1, -0.05) is 0 Å². The Morgan fingerprint density at radius 2 is 2.05 bits per heavy atom. The Bertz CT molecular complexity index is 737. The number of pyridine rings is 1. The molecule has 2 aromatic rings. The maximum absolute atomic E-state index is 10.8. The Balaban J connectivity index is 2.34. The second kappa shape index (κ2) is 5.79. The zero-order valence-corrected chi connectivity index (χ0v) is 11.0. The number of nitriles is 1. The Morgan fingerprint density at radius 1 is 1.33 bits per heavy atom. The number of methoxy groups -OCH3 is 1. The van der Waals surface area contributed by atoms with Gasteiger partial charge in [-0.2, -0.15) is 5.26 Å². The number of hydrogen-bond acceptors (Lipinski definition) is 6. The molecule has 0 radical (unpaired) electrons. The van der Waals surface area contributed by atoms with Crippen molar-refractivity contribution in [1.29, 1.82) is 5.26 Å². The van der Waals surface area contributed by atoms with Crippen LogP contribution in [0.2, 0.25) is 0 Å². The van der Waals surface area contributed by atoms with Gasteiger partial charge in [-0.15, -0.1) is 0 Å². The van der Waals surface area contributed by atoms with Gasteiger partial charge < -0.3 is 20.3 Å². The zero-order chi connectivity index (χ0) is 15.4. The van der Waals surface area contributed by atoms with Gasteiger partial charge in [-0.25, -0.2) is 9.78 Å². The molecule has 0 aliphatic heterocycles. The van der Waals surface area contributed by atoms with Crippen LogP contribution in [0.25, 0.3) is 0 Å². The predicted molar refractivity (Wildman–Crippen MR) is 73.4 cm³/mol. The van der Waals surface area contributed by atoms with Gasteiger partial charge in [-0.05, 0) is 18.2 Å². The number of benzene rings is 1. The molecular formula is C14H11N3O4. The number of ether oxygens (including phenoxy) is 2. The van der Waals surface area contributed by atoms with Crippen LogP contribution < -0.4 is 15.2 Å². The number of anilines is 1. The maximum atomic E-state index is 10.8. The first-order valence-electron chi connectivity index (χ1n) is 5.79. The summed E-state index contributed by atoms with van der Waals surface area (Å²) in [7, 11) is 1.47. The summed E-state index contributed by atoms with van der Waals surface area (Å²) in [4.78, 5) is 14.7. The number of rotatable bonds is 4. The van der Waals surface area contributed by atoms with Crippen LogP contribution in [-0.2, 0) is 0 Å². The SMILES string of the molecule is COc1cc(C#N)cc(Oc2ncc(C(=O)O)cc2N)c1. The summed E-state index contributed by atoms with van der Waals surface area (Å²) >= 11 is 0. The molecule has 21 heavy (non-hydrogen) atoms. The molecule has 0 aliphatic rings. The van der Waals surface area contributed by atoms with Crippen molar-refractivity contribution < 1.29 is 19.4 Å². The highest BCUT2D eigenvalue weighted by Crippen LogP contribution is 2.29. The Morgan fingerprint density at radius 3 is 2.62 bits per heavy atom. The third kappa shape index (κ3) is 3.19. The number of carboxylic acids is 1. The number of hydrogen-bond donors (Lipinski definition) is 2. The normalized spacial score (nSPS) is 9.71. The van der Waals surface area contributed by atoms with Gasteiger partial charge in [0.15, 0.2) is 0 Å². The fourth-order valence-corrected chi connectivity index (χ4v) is 1.60. The second-order valence-corrected chi connectivity index (χ2v) is 4.03. The number of aromatic nitrogens is 1. The Labute approximate surface area is 120 Å². The van der Waals surface area contributed by atoms with Crippen LogP contribution in [0.4, 0.5) is 5.69 Å². The fraction of sp³-hybridized carbons (Fsp3) is 0.0714. The molecule has 1 heterocycles. The van der Waals surface area contributed by atoms with Crippen LogP contribution in [0, 0.1) is 11.3 Å². The summed E-state index contributed by atoms with van der Waals surface area (Å²) in [6.07, 6.45) is 1.14. The van der Waals surface area contributed by atoms with Crippen molar-refractivity contribution in [2.24, 2.45) is 0 Å². The van der Waals surface area contributed by atoms with Crippen LogP contribution in [0.1, 0.15) is 15.9 Å². The molecular weight excluding hydrogens is 274 g/mol. The minimum Gasteiger partial charge on any atom is -0.497 e. The first-order valence-corrected chi connectivity index (χ1v) is 5.79. The van der Waals surface area contributed by atoms with Gasteiger partial charge in [0.2, 0.25) is 5.88 Å². The summed E-state index contributed by atoms with van der Waals surface area (Å²) in [6, 6.07) is 7.83. The van der Waals surface area contributed by atoms with Crippen LogP contribution in [0.5, 0.6) is 17.4 Å². The molecule has 0 saturated carbocycles. The van der Waals surface area contributed by atoms with Crippen molar-refractivity contribution in [3.8, 4) is 23.4 Å². The van der Waals surface area contributed by atoms with Crippen molar-refractivity contribution in [2.75, 3.05) is 12.8 Å². The third-order valence-electron chi connectivity index (χ3n) is 2.59. The molecule has 1 aromatic carbocycles. The summed E-state index contributed by atoms with van der Waals surface area (Å²) in [5.41, 5.74) is 6.09. The van der Waals surface area contributed by atoms with Gasteiger partial charge in [-0.3, -0.25) is 0 Å². The molecule has 0 bridgehead atoms. The molecule has 3 N–H and O–H groups in total. The highest BCUT2D eigenvalue weighted by molar-refractivity contribution is 5.88. The fourth-order valence-electron chi connectivity index (χ4n) is 1.60. The molecule has 0 fully saturated rings. The highest BCUT2D eigenvalue weighted by Gasteiger charge is 2.11. The van der Waals surface area contributed by atoms with Gasteiger partial charge >= 0.3 is 5.97 Å². The lowest BCUT2D eigenvalue weighted by atomic mass is 10.2. The van der Waals surface area contributed by atoms with Crippen LogP contribution in [-0.4, -0.2) is 23.2 Å². The van der Waals surface area contributed by atoms with Gasteiger partial charge in [0, 0.05) is 12.3 Å². The molecule has 0 unspecified atom stereocenters.